The lowest BCUT2D eigenvalue weighted by atomic mass is 9.98. The number of hydrogen-bond acceptors (Lipinski definition) is 4. The van der Waals surface area contributed by atoms with Gasteiger partial charge in [0.25, 0.3) is 11.6 Å². The molecule has 0 saturated carbocycles. The van der Waals surface area contributed by atoms with Crippen LogP contribution >= 0.6 is 11.6 Å². The van der Waals surface area contributed by atoms with Crippen molar-refractivity contribution < 1.29 is 14.5 Å². The predicted molar refractivity (Wildman–Crippen MR) is 134 cm³/mol. The molecule has 0 N–H and O–H groups in total. The number of anilines is 1. The van der Waals surface area contributed by atoms with E-state index in [0.29, 0.717) is 16.9 Å². The number of amides is 1. The number of aryl methyl sites for hydroxylation is 2. The van der Waals surface area contributed by atoms with Crippen LogP contribution in [0.15, 0.2) is 54.6 Å². The number of fused-ring (bicyclic) bond motifs is 4. The molecular formula is C27H27ClN2O4. The van der Waals surface area contributed by atoms with Crippen molar-refractivity contribution in [2.45, 2.75) is 52.1 Å². The SMILES string of the molecule is C.Cc1cc2c(cc1OCc1cc(CCl)cc([N+](=O)[O-])c1)CC[C@@H]1Cc3ccccc3N1C2=O. The molecule has 3 aromatic rings. The molecule has 0 bridgehead atoms. The van der Waals surface area contributed by atoms with Crippen molar-refractivity contribution in [1.82, 2.24) is 0 Å². The van der Waals surface area contributed by atoms with Gasteiger partial charge in [0.1, 0.15) is 12.4 Å². The van der Waals surface area contributed by atoms with E-state index in [4.69, 9.17) is 16.3 Å². The van der Waals surface area contributed by atoms with Gasteiger partial charge in [-0.15, -0.1) is 11.6 Å². The van der Waals surface area contributed by atoms with Gasteiger partial charge in [-0.3, -0.25) is 14.9 Å². The minimum atomic E-state index is -0.427. The van der Waals surface area contributed by atoms with Crippen LogP contribution in [0.4, 0.5) is 11.4 Å². The number of alkyl halides is 1. The summed E-state index contributed by atoms with van der Waals surface area (Å²) < 4.78 is 6.06. The van der Waals surface area contributed by atoms with Gasteiger partial charge in [-0.05, 0) is 72.2 Å². The summed E-state index contributed by atoms with van der Waals surface area (Å²) in [6.07, 6.45) is 2.56. The van der Waals surface area contributed by atoms with E-state index >= 15 is 0 Å². The molecule has 3 aromatic carbocycles. The van der Waals surface area contributed by atoms with Crippen LogP contribution in [0.2, 0.25) is 0 Å². The maximum atomic E-state index is 13.5. The molecule has 0 spiro atoms. The topological polar surface area (TPSA) is 72.7 Å². The number of halogens is 1. The Morgan fingerprint density at radius 1 is 1.12 bits per heavy atom. The van der Waals surface area contributed by atoms with Gasteiger partial charge in [0, 0.05) is 35.3 Å². The van der Waals surface area contributed by atoms with Gasteiger partial charge >= 0.3 is 0 Å². The predicted octanol–water partition coefficient (Wildman–Crippen LogP) is 6.37. The minimum absolute atomic E-state index is 0. The molecule has 0 fully saturated rings. The number of para-hydroxylation sites is 1. The number of hydrogen-bond donors (Lipinski definition) is 0. The highest BCUT2D eigenvalue weighted by atomic mass is 35.5. The second kappa shape index (κ2) is 9.47. The first-order valence-electron chi connectivity index (χ1n) is 11.0. The highest BCUT2D eigenvalue weighted by molar-refractivity contribution is 6.17. The molecule has 7 heteroatoms. The zero-order valence-electron chi connectivity index (χ0n) is 18.2. The number of non-ortho nitro benzene ring substituents is 1. The van der Waals surface area contributed by atoms with E-state index in [0.717, 1.165) is 41.6 Å². The largest absolute Gasteiger partial charge is 0.489 e. The quantitative estimate of drug-likeness (QED) is 0.242. The molecule has 2 aliphatic heterocycles. The molecule has 0 aromatic heterocycles. The lowest BCUT2D eigenvalue weighted by molar-refractivity contribution is -0.385. The zero-order valence-corrected chi connectivity index (χ0v) is 19.0. The molecule has 6 nitrogen and oxygen atoms in total. The van der Waals surface area contributed by atoms with Gasteiger partial charge in [-0.25, -0.2) is 0 Å². The van der Waals surface area contributed by atoms with Crippen LogP contribution in [0, 0.1) is 17.0 Å². The lowest BCUT2D eigenvalue weighted by Gasteiger charge is -2.23. The summed E-state index contributed by atoms with van der Waals surface area (Å²) in [5.41, 5.74) is 6.15. The zero-order chi connectivity index (χ0) is 23.1. The van der Waals surface area contributed by atoms with Crippen molar-refractivity contribution in [3.05, 3.63) is 98.1 Å². The highest BCUT2D eigenvalue weighted by Crippen LogP contribution is 2.39. The molecule has 1 atom stereocenters. The van der Waals surface area contributed by atoms with Crippen molar-refractivity contribution >= 4 is 28.9 Å². The van der Waals surface area contributed by atoms with E-state index in [1.165, 1.54) is 17.7 Å². The van der Waals surface area contributed by atoms with Crippen LogP contribution in [0.25, 0.3) is 0 Å². The summed E-state index contributed by atoms with van der Waals surface area (Å²) in [6.45, 7) is 2.10. The van der Waals surface area contributed by atoms with E-state index in [-0.39, 0.29) is 37.5 Å². The van der Waals surface area contributed by atoms with Gasteiger partial charge in [0.15, 0.2) is 0 Å². The number of nitrogens with zero attached hydrogens (tertiary/aromatic N) is 2. The Hall–Kier alpha value is -3.38. The average molecular weight is 479 g/mol. The molecule has 1 amide bonds. The van der Waals surface area contributed by atoms with E-state index in [1.807, 2.05) is 48.2 Å². The smallest absolute Gasteiger partial charge is 0.270 e. The van der Waals surface area contributed by atoms with E-state index in [2.05, 4.69) is 6.07 Å². The summed E-state index contributed by atoms with van der Waals surface area (Å²) in [6, 6.07) is 17.0. The molecule has 0 saturated heterocycles. The van der Waals surface area contributed by atoms with Crippen molar-refractivity contribution in [2.24, 2.45) is 0 Å². The summed E-state index contributed by atoms with van der Waals surface area (Å²) in [7, 11) is 0. The second-order valence-electron chi connectivity index (χ2n) is 8.66. The van der Waals surface area contributed by atoms with E-state index in [9.17, 15) is 14.9 Å². The number of nitro benzene ring substituents is 1. The lowest BCUT2D eigenvalue weighted by Crippen LogP contribution is -2.36. The Morgan fingerprint density at radius 2 is 1.88 bits per heavy atom. The highest BCUT2D eigenvalue weighted by Gasteiger charge is 2.37. The summed E-state index contributed by atoms with van der Waals surface area (Å²) >= 11 is 5.90. The van der Waals surface area contributed by atoms with Crippen LogP contribution in [0.3, 0.4) is 0 Å². The van der Waals surface area contributed by atoms with Crippen LogP contribution in [-0.4, -0.2) is 16.9 Å². The molecule has 2 heterocycles. The third-order valence-corrected chi connectivity index (χ3v) is 6.77. The Morgan fingerprint density at radius 3 is 2.65 bits per heavy atom. The first-order chi connectivity index (χ1) is 15.9. The fraction of sp³-hybridized carbons (Fsp3) is 0.296. The van der Waals surface area contributed by atoms with E-state index < -0.39 is 4.92 Å². The Kier molecular flexibility index (Phi) is 6.62. The molecule has 2 aliphatic rings. The second-order valence-corrected chi connectivity index (χ2v) is 8.93. The first kappa shape index (κ1) is 23.8. The van der Waals surface area contributed by atoms with Gasteiger partial charge in [-0.2, -0.15) is 0 Å². The van der Waals surface area contributed by atoms with Gasteiger partial charge < -0.3 is 9.64 Å². The number of benzene rings is 3. The molecule has 5 rings (SSSR count). The summed E-state index contributed by atoms with van der Waals surface area (Å²) in [4.78, 5) is 26.3. The molecule has 176 valence electrons. The number of ether oxygens (including phenoxy) is 1. The van der Waals surface area contributed by atoms with Crippen LogP contribution in [0.5, 0.6) is 5.75 Å². The van der Waals surface area contributed by atoms with Gasteiger partial charge in [0.2, 0.25) is 0 Å². The van der Waals surface area contributed by atoms with Crippen molar-refractivity contribution in [3.8, 4) is 5.75 Å². The number of carbonyl (C=O) groups excluding carboxylic acids is 1. The summed E-state index contributed by atoms with van der Waals surface area (Å²) in [5.74, 6) is 0.913. The fourth-order valence-corrected chi connectivity index (χ4v) is 5.03. The van der Waals surface area contributed by atoms with Crippen molar-refractivity contribution in [3.63, 3.8) is 0 Å². The number of carbonyl (C=O) groups is 1. The monoisotopic (exact) mass is 478 g/mol. The molecule has 0 unspecified atom stereocenters. The fourth-order valence-electron chi connectivity index (χ4n) is 4.88. The van der Waals surface area contributed by atoms with Gasteiger partial charge in [0.05, 0.1) is 4.92 Å². The third-order valence-electron chi connectivity index (χ3n) is 6.47. The third kappa shape index (κ3) is 4.26. The van der Waals surface area contributed by atoms with Crippen molar-refractivity contribution in [1.29, 1.82) is 0 Å². The standard InChI is InChI=1S/C26H23ClN2O4.CH4/c1-16-8-23-19(6-7-21-12-20-4-2-3-5-24(20)28(21)26(23)30)13-25(16)33-15-18-9-17(14-27)10-22(11-18)29(31)32;/h2-5,8-11,13,21H,6-7,12,14-15H2,1H3;1H4/t21-;/m1./s1. The Labute approximate surface area is 204 Å². The van der Waals surface area contributed by atoms with Crippen LogP contribution in [-0.2, 0) is 25.3 Å². The Balaban J connectivity index is 0.00000274. The molecule has 0 aliphatic carbocycles. The normalized spacial score (nSPS) is 16.1. The van der Waals surface area contributed by atoms with Crippen LogP contribution in [0.1, 0.15) is 52.0 Å². The molecule has 0 radical (unpaired) electrons. The number of rotatable bonds is 5. The van der Waals surface area contributed by atoms with Crippen molar-refractivity contribution in [2.75, 3.05) is 4.90 Å². The Bertz CT molecular complexity index is 1270. The van der Waals surface area contributed by atoms with Gasteiger partial charge in [-0.1, -0.05) is 31.7 Å². The maximum absolute atomic E-state index is 13.5. The molecular weight excluding hydrogens is 452 g/mol. The first-order valence-corrected chi connectivity index (χ1v) is 11.5. The van der Waals surface area contributed by atoms with Crippen LogP contribution < -0.4 is 9.64 Å². The summed E-state index contributed by atoms with van der Waals surface area (Å²) in [5, 5.41) is 11.2. The van der Waals surface area contributed by atoms with E-state index in [1.54, 1.807) is 0 Å². The number of nitro groups is 1. The minimum Gasteiger partial charge on any atom is -0.489 e. The molecule has 34 heavy (non-hydrogen) atoms. The maximum Gasteiger partial charge on any atom is 0.270 e. The average Bonchev–Trinajstić information content (AvgIpc) is 3.14.